The lowest BCUT2D eigenvalue weighted by Gasteiger charge is -2.11. The van der Waals surface area contributed by atoms with Crippen molar-refractivity contribution in [3.63, 3.8) is 0 Å². The van der Waals surface area contributed by atoms with E-state index in [0.717, 1.165) is 0 Å². The van der Waals surface area contributed by atoms with Crippen molar-refractivity contribution in [3.05, 3.63) is 9.85 Å². The molecule has 0 radical (unpaired) electrons. The maximum absolute atomic E-state index is 11.6. The summed E-state index contributed by atoms with van der Waals surface area (Å²) < 4.78 is 38.5. The molecule has 2 heterocycles. The third-order valence-corrected chi connectivity index (χ3v) is 5.48. The fourth-order valence-corrected chi connectivity index (χ4v) is 5.03. The molecule has 2 rings (SSSR count). The highest BCUT2D eigenvalue weighted by Crippen LogP contribution is 2.38. The van der Waals surface area contributed by atoms with Crippen molar-refractivity contribution in [3.8, 4) is 0 Å². The average Bonchev–Trinajstić information content (AvgIpc) is 2.45. The molecule has 1 aromatic heterocycles. The number of rotatable bonds is 0. The van der Waals surface area contributed by atoms with E-state index in [1.807, 2.05) is 0 Å². The minimum absolute atomic E-state index is 0.0307. The van der Waals surface area contributed by atoms with Gasteiger partial charge in [0.1, 0.15) is 9.90 Å². The number of amidine groups is 1. The molecular weight excluding hydrogens is 324 g/mol. The Labute approximate surface area is 101 Å². The second-order valence-electron chi connectivity index (χ2n) is 2.69. The first kappa shape index (κ1) is 11.2. The van der Waals surface area contributed by atoms with E-state index >= 15 is 0 Å². The molecule has 0 aliphatic carbocycles. The molecule has 1 unspecified atom stereocenters. The highest BCUT2D eigenvalue weighted by atomic mass is 79.9. The summed E-state index contributed by atoms with van der Waals surface area (Å²) in [7, 11) is -5.15. The normalized spacial score (nSPS) is 20.0. The van der Waals surface area contributed by atoms with Crippen LogP contribution < -0.4 is 5.32 Å². The van der Waals surface area contributed by atoms with Gasteiger partial charge in [0.15, 0.2) is 0 Å². The van der Waals surface area contributed by atoms with Crippen molar-refractivity contribution in [2.45, 2.75) is 4.90 Å². The number of nitrogens with one attached hydrogen (secondary N) is 1. The van der Waals surface area contributed by atoms with Crippen molar-refractivity contribution in [2.24, 2.45) is 4.40 Å². The standard InChI is InChI=1S/C6H5BrN2O3S3/c1-14(10)6-8-5-3(2-4(7)13-5)15(11,12)9-6/h2H,1H3,(H,8,9). The topological polar surface area (TPSA) is 75.6 Å². The Hall–Kier alpha value is -0.250. The van der Waals surface area contributed by atoms with Crippen LogP contribution in [-0.2, 0) is 20.8 Å². The molecule has 5 nitrogen and oxygen atoms in total. The van der Waals surface area contributed by atoms with Crippen LogP contribution >= 0.6 is 27.3 Å². The van der Waals surface area contributed by atoms with E-state index in [0.29, 0.717) is 8.79 Å². The number of halogens is 1. The third-order valence-electron chi connectivity index (χ3n) is 1.64. The zero-order valence-electron chi connectivity index (χ0n) is 7.35. The van der Waals surface area contributed by atoms with Gasteiger partial charge in [-0.25, -0.2) is 0 Å². The van der Waals surface area contributed by atoms with Crippen molar-refractivity contribution in [2.75, 3.05) is 11.6 Å². The summed E-state index contributed by atoms with van der Waals surface area (Å²) >= 11 is 4.41. The van der Waals surface area contributed by atoms with Crippen LogP contribution in [0.5, 0.6) is 0 Å². The molecule has 1 aliphatic rings. The molecule has 0 saturated heterocycles. The number of anilines is 1. The minimum Gasteiger partial charge on any atom is -0.323 e. The fourth-order valence-electron chi connectivity index (χ4n) is 1.03. The summed E-state index contributed by atoms with van der Waals surface area (Å²) in [5.74, 6) is 0. The second kappa shape index (κ2) is 3.65. The molecule has 9 heteroatoms. The number of hydrogen-bond acceptors (Lipinski definition) is 5. The van der Waals surface area contributed by atoms with Crippen LogP contribution in [0.3, 0.4) is 0 Å². The van der Waals surface area contributed by atoms with Crippen molar-refractivity contribution < 1.29 is 12.6 Å². The van der Waals surface area contributed by atoms with Crippen LogP contribution in [0.2, 0.25) is 0 Å². The van der Waals surface area contributed by atoms with Crippen molar-refractivity contribution in [1.82, 2.24) is 0 Å². The first-order chi connectivity index (χ1) is 6.90. The molecular formula is C6H5BrN2O3S3. The lowest BCUT2D eigenvalue weighted by molar-refractivity contribution is 0.598. The van der Waals surface area contributed by atoms with E-state index in [4.69, 9.17) is 0 Å². The fraction of sp³-hybridized carbons (Fsp3) is 0.167. The van der Waals surface area contributed by atoms with Gasteiger partial charge in [-0.3, -0.25) is 4.21 Å². The maximum Gasteiger partial charge on any atom is 0.287 e. The van der Waals surface area contributed by atoms with E-state index in [9.17, 15) is 12.6 Å². The summed E-state index contributed by atoms with van der Waals surface area (Å²) in [5.41, 5.74) is 0. The lowest BCUT2D eigenvalue weighted by atomic mass is 10.6. The number of fused-ring (bicyclic) bond motifs is 1. The van der Waals surface area contributed by atoms with Crippen molar-refractivity contribution >= 4 is 58.3 Å². The second-order valence-corrected chi connectivity index (χ2v) is 7.99. The van der Waals surface area contributed by atoms with Crippen LogP contribution in [0, 0.1) is 0 Å². The Bertz CT molecular complexity index is 574. The zero-order valence-corrected chi connectivity index (χ0v) is 11.4. The summed E-state index contributed by atoms with van der Waals surface area (Å²) in [5, 5.41) is 3.15. The summed E-state index contributed by atoms with van der Waals surface area (Å²) in [6.07, 6.45) is 1.37. The summed E-state index contributed by atoms with van der Waals surface area (Å²) in [6, 6.07) is 1.47. The molecule has 0 fully saturated rings. The Balaban J connectivity index is 2.63. The third kappa shape index (κ3) is 2.01. The van der Waals surface area contributed by atoms with Gasteiger partial charge in [0.05, 0.1) is 14.6 Å². The quantitative estimate of drug-likeness (QED) is 0.780. The van der Waals surface area contributed by atoms with Gasteiger partial charge in [0.2, 0.25) is 5.17 Å². The maximum atomic E-state index is 11.6. The minimum atomic E-state index is -3.70. The Morgan fingerprint density at radius 2 is 2.27 bits per heavy atom. The predicted octanol–water partition coefficient (Wildman–Crippen LogP) is 1.36. The number of thiophene rings is 1. The van der Waals surface area contributed by atoms with Gasteiger partial charge in [0.25, 0.3) is 10.0 Å². The molecule has 15 heavy (non-hydrogen) atoms. The zero-order chi connectivity index (χ0) is 11.2. The van der Waals surface area contributed by atoms with E-state index in [1.54, 1.807) is 0 Å². The van der Waals surface area contributed by atoms with Gasteiger partial charge in [-0.2, -0.15) is 8.42 Å². The molecule has 1 aromatic rings. The van der Waals surface area contributed by atoms with Crippen LogP contribution in [0.4, 0.5) is 5.00 Å². The van der Waals surface area contributed by atoms with Crippen LogP contribution in [-0.4, -0.2) is 24.1 Å². The van der Waals surface area contributed by atoms with E-state index in [1.165, 1.54) is 23.7 Å². The Morgan fingerprint density at radius 1 is 1.60 bits per heavy atom. The van der Waals surface area contributed by atoms with Crippen molar-refractivity contribution in [1.29, 1.82) is 0 Å². The Morgan fingerprint density at radius 3 is 2.87 bits per heavy atom. The highest BCUT2D eigenvalue weighted by molar-refractivity contribution is 9.11. The van der Waals surface area contributed by atoms with Gasteiger partial charge in [-0.05, 0) is 22.0 Å². The molecule has 1 atom stereocenters. The average molecular weight is 329 g/mol. The first-order valence-electron chi connectivity index (χ1n) is 3.65. The van der Waals surface area contributed by atoms with Gasteiger partial charge in [-0.15, -0.1) is 15.7 Å². The highest BCUT2D eigenvalue weighted by Gasteiger charge is 2.28. The number of sulfonamides is 1. The molecule has 0 amide bonds. The van der Waals surface area contributed by atoms with Crippen LogP contribution in [0.1, 0.15) is 0 Å². The SMILES string of the molecule is CS(=O)C1=NS(=O)(=O)c2cc(Br)sc2N1. The predicted molar refractivity (Wildman–Crippen MR) is 64.3 cm³/mol. The Kier molecular flexibility index (Phi) is 2.73. The largest absolute Gasteiger partial charge is 0.323 e. The summed E-state index contributed by atoms with van der Waals surface area (Å²) in [6.45, 7) is 0. The molecule has 0 spiro atoms. The first-order valence-corrected chi connectivity index (χ1v) is 8.25. The van der Waals surface area contributed by atoms with Crippen LogP contribution in [0.15, 0.2) is 19.1 Å². The lowest BCUT2D eigenvalue weighted by Crippen LogP contribution is -2.23. The molecule has 82 valence electrons. The van der Waals surface area contributed by atoms with E-state index < -0.39 is 20.8 Å². The molecule has 0 bridgehead atoms. The van der Waals surface area contributed by atoms with Gasteiger partial charge >= 0.3 is 0 Å². The van der Waals surface area contributed by atoms with E-state index in [2.05, 4.69) is 25.6 Å². The van der Waals surface area contributed by atoms with E-state index in [-0.39, 0.29) is 10.1 Å². The van der Waals surface area contributed by atoms with Crippen LogP contribution in [0.25, 0.3) is 0 Å². The smallest absolute Gasteiger partial charge is 0.287 e. The van der Waals surface area contributed by atoms with Gasteiger partial charge in [0, 0.05) is 6.26 Å². The molecule has 0 aromatic carbocycles. The number of hydrogen-bond donors (Lipinski definition) is 1. The molecule has 1 N–H and O–H groups in total. The van der Waals surface area contributed by atoms with Gasteiger partial charge < -0.3 is 5.32 Å². The molecule has 1 aliphatic heterocycles. The molecule has 0 saturated carbocycles. The van der Waals surface area contributed by atoms with Gasteiger partial charge in [-0.1, -0.05) is 0 Å². The summed E-state index contributed by atoms with van der Waals surface area (Å²) in [4.78, 5) is 0.119. The number of nitrogens with zero attached hydrogens (tertiary/aromatic N) is 1. The monoisotopic (exact) mass is 328 g/mol.